The number of hydrogen-bond donors (Lipinski definition) is 1. The SMILES string of the molecule is CNCCN(C)C(=O)C(Oc1ccccc1Br)c1ccccc1.Cl. The summed E-state index contributed by atoms with van der Waals surface area (Å²) in [5, 5.41) is 3.05. The number of nitrogens with zero attached hydrogens (tertiary/aromatic N) is 1. The molecule has 2 rings (SSSR count). The molecule has 0 aliphatic heterocycles. The lowest BCUT2D eigenvalue weighted by atomic mass is 10.1. The normalized spacial score (nSPS) is 11.3. The molecule has 0 saturated heterocycles. The second-order valence-corrected chi connectivity index (χ2v) is 6.06. The van der Waals surface area contributed by atoms with E-state index in [1.165, 1.54) is 0 Å². The van der Waals surface area contributed by atoms with Crippen molar-refractivity contribution in [1.29, 1.82) is 0 Å². The molecule has 0 aliphatic rings. The van der Waals surface area contributed by atoms with Crippen molar-refractivity contribution < 1.29 is 9.53 Å². The minimum Gasteiger partial charge on any atom is -0.475 e. The third kappa shape index (κ3) is 5.51. The quantitative estimate of drug-likeness (QED) is 0.753. The molecule has 0 saturated carbocycles. The van der Waals surface area contributed by atoms with E-state index < -0.39 is 6.10 Å². The van der Waals surface area contributed by atoms with E-state index in [1.807, 2.05) is 61.6 Å². The van der Waals surface area contributed by atoms with Gasteiger partial charge in [0.05, 0.1) is 4.47 Å². The molecule has 0 bridgehead atoms. The molecule has 1 N–H and O–H groups in total. The molecule has 1 unspecified atom stereocenters. The van der Waals surface area contributed by atoms with E-state index in [4.69, 9.17) is 4.74 Å². The number of ether oxygens (including phenoxy) is 1. The van der Waals surface area contributed by atoms with E-state index in [-0.39, 0.29) is 18.3 Å². The average Bonchev–Trinajstić information content (AvgIpc) is 2.59. The van der Waals surface area contributed by atoms with E-state index in [9.17, 15) is 4.79 Å². The van der Waals surface area contributed by atoms with Gasteiger partial charge >= 0.3 is 0 Å². The number of halogens is 2. The van der Waals surface area contributed by atoms with Gasteiger partial charge in [-0.25, -0.2) is 0 Å². The highest BCUT2D eigenvalue weighted by Crippen LogP contribution is 2.30. The Balaban J connectivity index is 0.00000288. The highest BCUT2D eigenvalue weighted by Gasteiger charge is 2.26. The molecule has 0 spiro atoms. The van der Waals surface area contributed by atoms with Gasteiger partial charge in [0.2, 0.25) is 6.10 Å². The number of carbonyl (C=O) groups excluding carboxylic acids is 1. The van der Waals surface area contributed by atoms with Gasteiger partial charge in [0.15, 0.2) is 0 Å². The van der Waals surface area contributed by atoms with Crippen molar-refractivity contribution in [1.82, 2.24) is 10.2 Å². The van der Waals surface area contributed by atoms with Crippen LogP contribution in [-0.4, -0.2) is 38.0 Å². The molecule has 2 aromatic rings. The number of benzene rings is 2. The molecule has 1 atom stereocenters. The molecule has 1 amide bonds. The highest BCUT2D eigenvalue weighted by molar-refractivity contribution is 9.10. The molecule has 0 fully saturated rings. The zero-order valence-corrected chi connectivity index (χ0v) is 16.1. The molecule has 0 heterocycles. The Kier molecular flexibility index (Phi) is 8.82. The monoisotopic (exact) mass is 412 g/mol. The van der Waals surface area contributed by atoms with Crippen LogP contribution in [0.5, 0.6) is 5.75 Å². The van der Waals surface area contributed by atoms with Gasteiger partial charge in [-0.1, -0.05) is 42.5 Å². The van der Waals surface area contributed by atoms with Gasteiger partial charge < -0.3 is 15.0 Å². The highest BCUT2D eigenvalue weighted by atomic mass is 79.9. The molecular formula is C18H22BrClN2O2. The molecule has 130 valence electrons. The fourth-order valence-electron chi connectivity index (χ4n) is 2.15. The number of rotatable bonds is 7. The Morgan fingerprint density at radius 1 is 1.17 bits per heavy atom. The van der Waals surface area contributed by atoms with E-state index in [0.717, 1.165) is 16.6 Å². The lowest BCUT2D eigenvalue weighted by Crippen LogP contribution is -2.38. The first-order chi connectivity index (χ1) is 11.1. The topological polar surface area (TPSA) is 41.6 Å². The second kappa shape index (κ2) is 10.3. The maximum atomic E-state index is 12.8. The second-order valence-electron chi connectivity index (χ2n) is 5.20. The summed E-state index contributed by atoms with van der Waals surface area (Å²) in [7, 11) is 3.66. The fourth-order valence-corrected chi connectivity index (χ4v) is 2.52. The van der Waals surface area contributed by atoms with Crippen LogP contribution in [0, 0.1) is 0 Å². The van der Waals surface area contributed by atoms with Gasteiger partial charge in [-0.05, 0) is 35.1 Å². The minimum atomic E-state index is -0.670. The van der Waals surface area contributed by atoms with Gasteiger partial charge in [0, 0.05) is 25.7 Å². The van der Waals surface area contributed by atoms with E-state index in [2.05, 4.69) is 21.2 Å². The van der Waals surface area contributed by atoms with Crippen LogP contribution in [0.15, 0.2) is 59.1 Å². The number of likely N-dealkylation sites (N-methyl/N-ethyl adjacent to an activating group) is 2. The molecule has 0 aromatic heterocycles. The fraction of sp³-hybridized carbons (Fsp3) is 0.278. The van der Waals surface area contributed by atoms with Crippen molar-refractivity contribution in [2.75, 3.05) is 27.2 Å². The standard InChI is InChI=1S/C18H21BrN2O2.ClH/c1-20-12-13-21(2)18(22)17(14-8-4-3-5-9-14)23-16-11-7-6-10-15(16)19;/h3-11,17,20H,12-13H2,1-2H3;1H. The van der Waals surface area contributed by atoms with Gasteiger partial charge in [-0.2, -0.15) is 0 Å². The van der Waals surface area contributed by atoms with E-state index in [0.29, 0.717) is 12.3 Å². The Morgan fingerprint density at radius 3 is 2.42 bits per heavy atom. The Bertz CT molecular complexity index is 640. The molecule has 0 radical (unpaired) electrons. The summed E-state index contributed by atoms with van der Waals surface area (Å²) in [5.41, 5.74) is 0.838. The number of nitrogens with one attached hydrogen (secondary N) is 1. The zero-order valence-electron chi connectivity index (χ0n) is 13.7. The molecular weight excluding hydrogens is 392 g/mol. The number of para-hydroxylation sites is 1. The maximum absolute atomic E-state index is 12.8. The van der Waals surface area contributed by atoms with Crippen molar-refractivity contribution in [3.05, 3.63) is 64.6 Å². The predicted octanol–water partition coefficient (Wildman–Crippen LogP) is 3.67. The average molecular weight is 414 g/mol. The number of amides is 1. The summed E-state index contributed by atoms with van der Waals surface area (Å²) < 4.78 is 6.86. The van der Waals surface area contributed by atoms with Crippen LogP contribution in [0.3, 0.4) is 0 Å². The summed E-state index contributed by atoms with van der Waals surface area (Å²) in [4.78, 5) is 14.5. The first-order valence-electron chi connectivity index (χ1n) is 7.49. The van der Waals surface area contributed by atoms with Crippen LogP contribution in [0.2, 0.25) is 0 Å². The van der Waals surface area contributed by atoms with Crippen molar-refractivity contribution in [3.8, 4) is 5.75 Å². The van der Waals surface area contributed by atoms with Crippen LogP contribution in [0.25, 0.3) is 0 Å². The van der Waals surface area contributed by atoms with Gasteiger partial charge in [0.1, 0.15) is 5.75 Å². The molecule has 2 aromatic carbocycles. The lowest BCUT2D eigenvalue weighted by molar-refractivity contribution is -0.137. The Labute approximate surface area is 157 Å². The summed E-state index contributed by atoms with van der Waals surface area (Å²) in [6.07, 6.45) is -0.670. The summed E-state index contributed by atoms with van der Waals surface area (Å²) in [5.74, 6) is 0.582. The van der Waals surface area contributed by atoms with Crippen molar-refractivity contribution in [2.24, 2.45) is 0 Å². The number of hydrogen-bond acceptors (Lipinski definition) is 3. The van der Waals surface area contributed by atoms with E-state index >= 15 is 0 Å². The van der Waals surface area contributed by atoms with Crippen LogP contribution in [-0.2, 0) is 4.79 Å². The van der Waals surface area contributed by atoms with E-state index in [1.54, 1.807) is 11.9 Å². The molecule has 6 heteroatoms. The van der Waals surface area contributed by atoms with Gasteiger partial charge in [0.25, 0.3) is 5.91 Å². The summed E-state index contributed by atoms with van der Waals surface area (Å²) in [6.45, 7) is 1.36. The molecule has 0 aliphatic carbocycles. The molecule has 4 nitrogen and oxygen atoms in total. The van der Waals surface area contributed by atoms with Gasteiger partial charge in [-0.3, -0.25) is 4.79 Å². The lowest BCUT2D eigenvalue weighted by Gasteiger charge is -2.25. The Hall–Kier alpha value is -1.56. The summed E-state index contributed by atoms with van der Waals surface area (Å²) >= 11 is 3.47. The third-order valence-electron chi connectivity index (χ3n) is 3.48. The summed E-state index contributed by atoms with van der Waals surface area (Å²) in [6, 6.07) is 17.1. The smallest absolute Gasteiger partial charge is 0.268 e. The maximum Gasteiger partial charge on any atom is 0.268 e. The largest absolute Gasteiger partial charge is 0.475 e. The van der Waals surface area contributed by atoms with Crippen molar-refractivity contribution in [2.45, 2.75) is 6.10 Å². The van der Waals surface area contributed by atoms with Crippen LogP contribution < -0.4 is 10.1 Å². The van der Waals surface area contributed by atoms with Crippen molar-refractivity contribution in [3.63, 3.8) is 0 Å². The van der Waals surface area contributed by atoms with Crippen LogP contribution in [0.4, 0.5) is 0 Å². The molecule has 24 heavy (non-hydrogen) atoms. The zero-order chi connectivity index (χ0) is 16.7. The third-order valence-corrected chi connectivity index (χ3v) is 4.14. The predicted molar refractivity (Wildman–Crippen MR) is 103 cm³/mol. The van der Waals surface area contributed by atoms with Crippen LogP contribution in [0.1, 0.15) is 11.7 Å². The first kappa shape index (κ1) is 20.5. The van der Waals surface area contributed by atoms with Crippen LogP contribution >= 0.6 is 28.3 Å². The Morgan fingerprint density at radius 2 is 1.79 bits per heavy atom. The van der Waals surface area contributed by atoms with Crippen molar-refractivity contribution >= 4 is 34.2 Å². The minimum absolute atomic E-state index is 0. The first-order valence-corrected chi connectivity index (χ1v) is 8.28. The van der Waals surface area contributed by atoms with Gasteiger partial charge in [-0.15, -0.1) is 12.4 Å². The number of carbonyl (C=O) groups is 1.